The topological polar surface area (TPSA) is 38.5 Å². The van der Waals surface area contributed by atoms with Crippen LogP contribution in [0.4, 0.5) is 0 Å². The third-order valence-corrected chi connectivity index (χ3v) is 4.91. The third kappa shape index (κ3) is 3.78. The molecule has 1 aliphatic rings. The highest BCUT2D eigenvalue weighted by Gasteiger charge is 2.28. The van der Waals surface area contributed by atoms with E-state index in [1.807, 2.05) is 0 Å². The first-order chi connectivity index (χ1) is 10.1. The number of nitrogens with two attached hydrogens (primary N) is 1. The second-order valence-corrected chi connectivity index (χ2v) is 6.32. The van der Waals surface area contributed by atoms with Crippen LogP contribution in [-0.4, -0.2) is 30.6 Å². The van der Waals surface area contributed by atoms with Crippen LogP contribution in [0, 0.1) is 6.92 Å². The number of nitrogens with zero attached hydrogens (tertiary/aromatic N) is 1. The Morgan fingerprint density at radius 1 is 1.29 bits per heavy atom. The molecule has 118 valence electrons. The number of benzene rings is 1. The molecule has 1 unspecified atom stereocenters. The summed E-state index contributed by atoms with van der Waals surface area (Å²) in [7, 11) is 1.76. The highest BCUT2D eigenvalue weighted by atomic mass is 16.5. The number of aryl methyl sites for hydroxylation is 1. The van der Waals surface area contributed by atoms with E-state index in [1.165, 1.54) is 24.0 Å². The van der Waals surface area contributed by atoms with Crippen LogP contribution in [-0.2, 0) is 0 Å². The summed E-state index contributed by atoms with van der Waals surface area (Å²) in [6.45, 7) is 7.77. The molecule has 0 heterocycles. The van der Waals surface area contributed by atoms with Crippen LogP contribution in [0.15, 0.2) is 18.2 Å². The smallest absolute Gasteiger partial charge is 0.123 e. The fourth-order valence-electron chi connectivity index (χ4n) is 3.64. The molecule has 2 N–H and O–H groups in total. The molecule has 0 aliphatic heterocycles. The molecule has 0 amide bonds. The highest BCUT2D eigenvalue weighted by Crippen LogP contribution is 2.34. The van der Waals surface area contributed by atoms with Crippen molar-refractivity contribution >= 4 is 0 Å². The molecule has 0 aromatic heterocycles. The maximum atomic E-state index is 6.05. The zero-order valence-corrected chi connectivity index (χ0v) is 13.9. The molecular formula is C18H30N2O. The van der Waals surface area contributed by atoms with E-state index >= 15 is 0 Å². The largest absolute Gasteiger partial charge is 0.496 e. The lowest BCUT2D eigenvalue weighted by Gasteiger charge is -2.39. The quantitative estimate of drug-likeness (QED) is 0.899. The van der Waals surface area contributed by atoms with Gasteiger partial charge >= 0.3 is 0 Å². The average molecular weight is 290 g/mol. The second-order valence-electron chi connectivity index (χ2n) is 6.32. The molecule has 1 atom stereocenters. The molecule has 0 bridgehead atoms. The molecule has 1 fully saturated rings. The zero-order chi connectivity index (χ0) is 15.4. The standard InChI is InChI=1S/C18H30N2O/c1-5-20(16-9-7-15(19)8-10-16)14(3)17-12-13(2)6-11-18(17)21-4/h6,11-12,14-16H,5,7-10,19H2,1-4H3. The summed E-state index contributed by atoms with van der Waals surface area (Å²) in [5.74, 6) is 0.999. The van der Waals surface area contributed by atoms with Crippen LogP contribution in [0.5, 0.6) is 5.75 Å². The Labute approximate surface area is 129 Å². The van der Waals surface area contributed by atoms with Gasteiger partial charge in [0.05, 0.1) is 7.11 Å². The maximum Gasteiger partial charge on any atom is 0.123 e. The van der Waals surface area contributed by atoms with Crippen LogP contribution in [0.1, 0.15) is 56.7 Å². The summed E-state index contributed by atoms with van der Waals surface area (Å²) in [6, 6.07) is 7.90. The number of rotatable bonds is 5. The van der Waals surface area contributed by atoms with Crippen molar-refractivity contribution in [3.8, 4) is 5.75 Å². The lowest BCUT2D eigenvalue weighted by molar-refractivity contribution is 0.113. The van der Waals surface area contributed by atoms with Crippen LogP contribution in [0.25, 0.3) is 0 Å². The van der Waals surface area contributed by atoms with E-state index in [1.54, 1.807) is 7.11 Å². The Bertz CT molecular complexity index is 453. The molecule has 0 radical (unpaired) electrons. The summed E-state index contributed by atoms with van der Waals surface area (Å²) < 4.78 is 5.57. The van der Waals surface area contributed by atoms with Gasteiger partial charge in [-0.05, 0) is 52.1 Å². The van der Waals surface area contributed by atoms with Gasteiger partial charge in [-0.1, -0.05) is 24.6 Å². The Balaban J connectivity index is 2.19. The SMILES string of the molecule is CCN(C1CCC(N)CC1)C(C)c1cc(C)ccc1OC. The van der Waals surface area contributed by atoms with E-state index in [0.717, 1.165) is 25.1 Å². The number of hydrogen-bond donors (Lipinski definition) is 1. The van der Waals surface area contributed by atoms with Gasteiger partial charge in [0.25, 0.3) is 0 Å². The zero-order valence-electron chi connectivity index (χ0n) is 13.9. The van der Waals surface area contributed by atoms with Crippen molar-refractivity contribution < 1.29 is 4.74 Å². The second kappa shape index (κ2) is 7.28. The minimum Gasteiger partial charge on any atom is -0.496 e. The van der Waals surface area contributed by atoms with Crippen molar-refractivity contribution in [3.63, 3.8) is 0 Å². The molecule has 0 spiro atoms. The van der Waals surface area contributed by atoms with Crippen molar-refractivity contribution in [2.24, 2.45) is 5.73 Å². The van der Waals surface area contributed by atoms with Crippen molar-refractivity contribution in [1.82, 2.24) is 4.90 Å². The van der Waals surface area contributed by atoms with E-state index in [2.05, 4.69) is 43.9 Å². The van der Waals surface area contributed by atoms with Crippen molar-refractivity contribution in [2.75, 3.05) is 13.7 Å². The lowest BCUT2D eigenvalue weighted by Crippen LogP contribution is -2.42. The van der Waals surface area contributed by atoms with Crippen molar-refractivity contribution in [2.45, 2.75) is 64.6 Å². The number of hydrogen-bond acceptors (Lipinski definition) is 3. The Morgan fingerprint density at radius 3 is 2.52 bits per heavy atom. The van der Waals surface area contributed by atoms with Crippen molar-refractivity contribution in [1.29, 1.82) is 0 Å². The molecule has 1 saturated carbocycles. The van der Waals surface area contributed by atoms with Gasteiger partial charge in [-0.15, -0.1) is 0 Å². The lowest BCUT2D eigenvalue weighted by atomic mass is 9.89. The van der Waals surface area contributed by atoms with E-state index in [4.69, 9.17) is 10.5 Å². The van der Waals surface area contributed by atoms with Gasteiger partial charge < -0.3 is 10.5 Å². The minimum atomic E-state index is 0.379. The van der Waals surface area contributed by atoms with Gasteiger partial charge in [0.2, 0.25) is 0 Å². The van der Waals surface area contributed by atoms with Crippen LogP contribution in [0.3, 0.4) is 0 Å². The molecule has 1 aromatic carbocycles. The fourth-order valence-corrected chi connectivity index (χ4v) is 3.64. The average Bonchev–Trinajstić information content (AvgIpc) is 2.49. The Morgan fingerprint density at radius 2 is 1.95 bits per heavy atom. The van der Waals surface area contributed by atoms with Gasteiger partial charge in [-0.2, -0.15) is 0 Å². The molecule has 3 heteroatoms. The summed E-state index contributed by atoms with van der Waals surface area (Å²) in [6.07, 6.45) is 4.73. The number of ether oxygens (including phenoxy) is 1. The molecule has 0 saturated heterocycles. The normalized spacial score (nSPS) is 24.1. The van der Waals surface area contributed by atoms with E-state index in [-0.39, 0.29) is 0 Å². The van der Waals surface area contributed by atoms with Gasteiger partial charge in [-0.25, -0.2) is 0 Å². The van der Waals surface area contributed by atoms with Crippen LogP contribution in [0.2, 0.25) is 0 Å². The first-order valence-corrected chi connectivity index (χ1v) is 8.22. The predicted octanol–water partition coefficient (Wildman–Crippen LogP) is 3.66. The van der Waals surface area contributed by atoms with Crippen molar-refractivity contribution in [3.05, 3.63) is 29.3 Å². The molecule has 1 aliphatic carbocycles. The molecular weight excluding hydrogens is 260 g/mol. The summed E-state index contributed by atoms with van der Waals surface area (Å²) in [5.41, 5.74) is 8.64. The monoisotopic (exact) mass is 290 g/mol. The van der Waals surface area contributed by atoms with E-state index in [0.29, 0.717) is 18.1 Å². The van der Waals surface area contributed by atoms with Gasteiger partial charge in [0.15, 0.2) is 0 Å². The molecule has 1 aromatic rings. The summed E-state index contributed by atoms with van der Waals surface area (Å²) >= 11 is 0. The first kappa shape index (κ1) is 16.3. The number of methoxy groups -OCH3 is 1. The first-order valence-electron chi connectivity index (χ1n) is 8.22. The van der Waals surface area contributed by atoms with Gasteiger partial charge in [0, 0.05) is 23.7 Å². The highest BCUT2D eigenvalue weighted by molar-refractivity contribution is 5.39. The third-order valence-electron chi connectivity index (χ3n) is 4.91. The fraction of sp³-hybridized carbons (Fsp3) is 0.667. The minimum absolute atomic E-state index is 0.379. The van der Waals surface area contributed by atoms with Gasteiger partial charge in [0.1, 0.15) is 5.75 Å². The molecule has 3 nitrogen and oxygen atoms in total. The van der Waals surface area contributed by atoms with Crippen LogP contribution < -0.4 is 10.5 Å². The molecule has 21 heavy (non-hydrogen) atoms. The summed E-state index contributed by atoms with van der Waals surface area (Å²) in [5, 5.41) is 0. The Hall–Kier alpha value is -1.06. The van der Waals surface area contributed by atoms with Crippen LogP contribution >= 0.6 is 0 Å². The predicted molar refractivity (Wildman–Crippen MR) is 88.8 cm³/mol. The molecule has 2 rings (SSSR count). The van der Waals surface area contributed by atoms with Gasteiger partial charge in [-0.3, -0.25) is 4.90 Å². The Kier molecular flexibility index (Phi) is 5.65. The van der Waals surface area contributed by atoms with E-state index in [9.17, 15) is 0 Å². The summed E-state index contributed by atoms with van der Waals surface area (Å²) in [4.78, 5) is 2.61. The van der Waals surface area contributed by atoms with E-state index < -0.39 is 0 Å². The maximum absolute atomic E-state index is 6.05.